The van der Waals surface area contributed by atoms with Gasteiger partial charge in [-0.1, -0.05) is 6.07 Å². The molecule has 5 rings (SSSR count). The van der Waals surface area contributed by atoms with Gasteiger partial charge in [0.1, 0.15) is 17.3 Å². The zero-order chi connectivity index (χ0) is 32.7. The molecule has 1 saturated heterocycles. The molecule has 0 amide bonds. The maximum atomic E-state index is 14.9. The van der Waals surface area contributed by atoms with Crippen LogP contribution in [0.1, 0.15) is 39.9 Å². The Labute approximate surface area is 255 Å². The van der Waals surface area contributed by atoms with Gasteiger partial charge in [0, 0.05) is 43.5 Å². The molecule has 3 aromatic heterocycles. The van der Waals surface area contributed by atoms with Gasteiger partial charge >= 0.3 is 18.0 Å². The topological polar surface area (TPSA) is 89.6 Å². The molecule has 242 valence electrons. The fourth-order valence-electron chi connectivity index (χ4n) is 5.39. The van der Waals surface area contributed by atoms with Crippen LogP contribution < -0.4 is 21.9 Å². The Morgan fingerprint density at radius 3 is 2.24 bits per heavy atom. The van der Waals surface area contributed by atoms with Crippen molar-refractivity contribution in [3.8, 4) is 0 Å². The summed E-state index contributed by atoms with van der Waals surface area (Å²) in [6.07, 6.45) is -9.52. The van der Waals surface area contributed by atoms with E-state index in [0.717, 1.165) is 33.4 Å². The maximum absolute atomic E-state index is 14.9. The fourth-order valence-corrected chi connectivity index (χ4v) is 6.12. The summed E-state index contributed by atoms with van der Waals surface area (Å²) in [6.45, 7) is 1.38. The molecule has 4 heterocycles. The second kappa shape index (κ2) is 12.5. The van der Waals surface area contributed by atoms with Crippen LogP contribution in [0.25, 0.3) is 0 Å². The molecule has 45 heavy (non-hydrogen) atoms. The van der Waals surface area contributed by atoms with Crippen LogP contribution >= 0.6 is 11.3 Å². The molecule has 2 N–H and O–H groups in total. The summed E-state index contributed by atoms with van der Waals surface area (Å²) in [5, 5.41) is 3.51. The van der Waals surface area contributed by atoms with E-state index in [-0.39, 0.29) is 43.3 Å². The van der Waals surface area contributed by atoms with Gasteiger partial charge < -0.3 is 15.1 Å². The van der Waals surface area contributed by atoms with E-state index in [1.54, 1.807) is 21.7 Å². The predicted octanol–water partition coefficient (Wildman–Crippen LogP) is 5.22. The van der Waals surface area contributed by atoms with Crippen molar-refractivity contribution in [3.05, 3.63) is 108 Å². The highest BCUT2D eigenvalue weighted by Crippen LogP contribution is 2.34. The number of nitrogens with zero attached hydrogens (tertiary/aromatic N) is 4. The van der Waals surface area contributed by atoms with Crippen molar-refractivity contribution >= 4 is 17.0 Å². The number of halogens is 7. The lowest BCUT2D eigenvalue weighted by molar-refractivity contribution is -0.153. The largest absolute Gasteiger partial charge is 0.455 e. The Morgan fingerprint density at radius 2 is 1.64 bits per heavy atom. The fraction of sp³-hybridized carbons (Fsp3) is 0.379. The average molecular weight is 660 g/mol. The van der Waals surface area contributed by atoms with Crippen LogP contribution in [0.2, 0.25) is 0 Å². The van der Waals surface area contributed by atoms with E-state index >= 15 is 0 Å². The van der Waals surface area contributed by atoms with Crippen LogP contribution in [-0.2, 0) is 32.0 Å². The van der Waals surface area contributed by atoms with E-state index in [2.05, 4.69) is 0 Å². The number of hydrogen-bond donors (Lipinski definition) is 1. The van der Waals surface area contributed by atoms with Crippen molar-refractivity contribution in [1.29, 1.82) is 0 Å². The van der Waals surface area contributed by atoms with E-state index in [9.17, 15) is 40.3 Å². The lowest BCUT2D eigenvalue weighted by atomic mass is 10.1. The summed E-state index contributed by atoms with van der Waals surface area (Å²) in [5.74, 6) is -2.17. The number of anilines is 1. The average Bonchev–Trinajstić information content (AvgIpc) is 3.67. The molecule has 16 heteroatoms. The number of alkyl halides is 6. The van der Waals surface area contributed by atoms with Gasteiger partial charge in [-0.25, -0.2) is 9.18 Å². The van der Waals surface area contributed by atoms with E-state index < -0.39 is 58.9 Å². The molecule has 1 unspecified atom stereocenters. The zero-order valence-electron chi connectivity index (χ0n) is 23.8. The van der Waals surface area contributed by atoms with E-state index in [1.165, 1.54) is 24.3 Å². The Balaban J connectivity index is 1.50. The first-order chi connectivity index (χ1) is 21.1. The van der Waals surface area contributed by atoms with Crippen LogP contribution in [0.3, 0.4) is 0 Å². The third-order valence-electron chi connectivity index (χ3n) is 7.76. The molecule has 0 saturated carbocycles. The second-order valence-electron chi connectivity index (χ2n) is 10.7. The van der Waals surface area contributed by atoms with Gasteiger partial charge in [0.15, 0.2) is 0 Å². The molecule has 1 fully saturated rings. The van der Waals surface area contributed by atoms with Gasteiger partial charge in [0.05, 0.1) is 25.2 Å². The van der Waals surface area contributed by atoms with Crippen LogP contribution in [0, 0.1) is 12.7 Å². The summed E-state index contributed by atoms with van der Waals surface area (Å²) in [5.41, 5.74) is 3.36. The smallest absolute Gasteiger partial charge is 0.449 e. The molecular formula is C29H28F7N5O3S. The van der Waals surface area contributed by atoms with Crippen molar-refractivity contribution in [3.63, 3.8) is 0 Å². The van der Waals surface area contributed by atoms with Crippen molar-refractivity contribution in [2.45, 2.75) is 45.0 Å². The Bertz CT molecular complexity index is 1770. The minimum absolute atomic E-state index is 0.0361. The third kappa shape index (κ3) is 6.87. The molecule has 0 aliphatic carbocycles. The van der Waals surface area contributed by atoms with Crippen molar-refractivity contribution in [2.24, 2.45) is 5.73 Å². The normalized spacial score (nSPS) is 15.5. The Kier molecular flexibility index (Phi) is 9.01. The molecule has 0 spiro atoms. The van der Waals surface area contributed by atoms with E-state index in [1.807, 2.05) is 4.90 Å². The number of benzene rings is 1. The van der Waals surface area contributed by atoms with Crippen molar-refractivity contribution in [2.75, 3.05) is 31.1 Å². The van der Waals surface area contributed by atoms with Crippen LogP contribution in [-0.4, -0.2) is 40.2 Å². The lowest BCUT2D eigenvalue weighted by Gasteiger charge is -2.36. The monoisotopic (exact) mass is 659 g/mol. The molecule has 1 atom stereocenters. The number of aromatic nitrogens is 2. The first-order valence-corrected chi connectivity index (χ1v) is 14.7. The standard InChI is InChI=1S/C29H28F7N5O3S/c1-17-25(39-10-8-38(9-11-39)13-19-5-6-24(44-19)29(34,35)36)26(42)41(15-23(37)18-7-12-45-16-18)27(43)40(17)14-20-21(28(31,32)33)3-2-4-22(20)30/h2-7,12,16,23H,8-11,13-15,37H2,1H3. The first kappa shape index (κ1) is 32.5. The first-order valence-electron chi connectivity index (χ1n) is 13.7. The zero-order valence-corrected chi connectivity index (χ0v) is 24.6. The minimum atomic E-state index is -4.90. The quantitative estimate of drug-likeness (QED) is 0.261. The van der Waals surface area contributed by atoms with E-state index in [4.69, 9.17) is 10.2 Å². The van der Waals surface area contributed by atoms with Gasteiger partial charge in [-0.3, -0.25) is 18.8 Å². The van der Waals surface area contributed by atoms with Gasteiger partial charge in [-0.15, -0.1) is 0 Å². The number of nitrogens with two attached hydrogens (primary N) is 1. The minimum Gasteiger partial charge on any atom is -0.455 e. The van der Waals surface area contributed by atoms with E-state index in [0.29, 0.717) is 18.7 Å². The number of furan rings is 1. The van der Waals surface area contributed by atoms with Gasteiger partial charge in [-0.2, -0.15) is 37.7 Å². The molecule has 1 aliphatic heterocycles. The molecule has 0 radical (unpaired) electrons. The molecule has 4 aromatic rings. The number of rotatable bonds is 8. The second-order valence-corrected chi connectivity index (χ2v) is 11.5. The molecule has 8 nitrogen and oxygen atoms in total. The summed E-state index contributed by atoms with van der Waals surface area (Å²) in [4.78, 5) is 31.0. The highest BCUT2D eigenvalue weighted by molar-refractivity contribution is 7.07. The SMILES string of the molecule is Cc1c(N2CCN(Cc3ccc(C(F)(F)F)o3)CC2)c(=O)n(CC(N)c2ccsc2)c(=O)n1Cc1c(F)cccc1C(F)(F)F. The highest BCUT2D eigenvalue weighted by atomic mass is 32.1. The third-order valence-corrected chi connectivity index (χ3v) is 8.46. The van der Waals surface area contributed by atoms with Gasteiger partial charge in [-0.05, 0) is 53.6 Å². The Hall–Kier alpha value is -3.89. The van der Waals surface area contributed by atoms with Crippen LogP contribution in [0.4, 0.5) is 36.4 Å². The molecule has 1 aromatic carbocycles. The number of piperazine rings is 1. The number of thiophene rings is 1. The number of hydrogen-bond acceptors (Lipinski definition) is 7. The van der Waals surface area contributed by atoms with Crippen LogP contribution in [0.5, 0.6) is 0 Å². The van der Waals surface area contributed by atoms with Crippen molar-refractivity contribution in [1.82, 2.24) is 14.0 Å². The predicted molar refractivity (Wildman–Crippen MR) is 153 cm³/mol. The van der Waals surface area contributed by atoms with Gasteiger partial charge in [0.25, 0.3) is 5.56 Å². The lowest BCUT2D eigenvalue weighted by Crippen LogP contribution is -2.51. The molecule has 1 aliphatic rings. The summed E-state index contributed by atoms with van der Waals surface area (Å²) in [6, 6.07) is 5.53. The maximum Gasteiger partial charge on any atom is 0.449 e. The van der Waals surface area contributed by atoms with Crippen LogP contribution in [0.15, 0.2) is 61.2 Å². The molecular weight excluding hydrogens is 631 g/mol. The molecule has 0 bridgehead atoms. The highest BCUT2D eigenvalue weighted by Gasteiger charge is 2.36. The van der Waals surface area contributed by atoms with Gasteiger partial charge in [0.2, 0.25) is 5.76 Å². The summed E-state index contributed by atoms with van der Waals surface area (Å²) >= 11 is 1.35. The van der Waals surface area contributed by atoms with Crippen molar-refractivity contribution < 1.29 is 35.2 Å². The summed E-state index contributed by atoms with van der Waals surface area (Å²) < 4.78 is 102. The summed E-state index contributed by atoms with van der Waals surface area (Å²) in [7, 11) is 0. The Morgan fingerprint density at radius 1 is 0.933 bits per heavy atom.